The number of hydrogen-bond acceptors (Lipinski definition) is 4. The van der Waals surface area contributed by atoms with Crippen LogP contribution >= 0.6 is 0 Å². The molecule has 2 atom stereocenters. The van der Waals surface area contributed by atoms with Crippen LogP contribution in [0, 0.1) is 0 Å². The van der Waals surface area contributed by atoms with Crippen LogP contribution in [0.3, 0.4) is 0 Å². The van der Waals surface area contributed by atoms with Gasteiger partial charge in [0, 0.05) is 31.5 Å². The van der Waals surface area contributed by atoms with E-state index in [9.17, 15) is 4.79 Å². The minimum absolute atomic E-state index is 0.0376. The first kappa shape index (κ1) is 13.6. The van der Waals surface area contributed by atoms with Crippen molar-refractivity contribution in [2.45, 2.75) is 18.8 Å². The Hall–Kier alpha value is -2.37. The highest BCUT2D eigenvalue weighted by molar-refractivity contribution is 5.74. The first-order valence-electron chi connectivity index (χ1n) is 7.13. The maximum Gasteiger partial charge on any atom is 0.317 e. The van der Waals surface area contributed by atoms with Crippen molar-refractivity contribution in [1.82, 2.24) is 20.4 Å². The second-order valence-corrected chi connectivity index (χ2v) is 5.15. The predicted octanol–water partition coefficient (Wildman–Crippen LogP) is 1.98. The molecule has 1 aromatic carbocycles. The number of carbonyl (C=O) groups is 1. The van der Waals surface area contributed by atoms with E-state index >= 15 is 0 Å². The molecule has 2 amide bonds. The summed E-state index contributed by atoms with van der Waals surface area (Å²) < 4.78 is 4.87. The highest BCUT2D eigenvalue weighted by Crippen LogP contribution is 2.38. The smallest absolute Gasteiger partial charge is 0.317 e. The van der Waals surface area contributed by atoms with Crippen LogP contribution in [0.2, 0.25) is 0 Å². The van der Waals surface area contributed by atoms with Crippen LogP contribution in [0.5, 0.6) is 0 Å². The molecule has 0 radical (unpaired) electrons. The second kappa shape index (κ2) is 5.95. The van der Waals surface area contributed by atoms with E-state index in [1.807, 2.05) is 30.0 Å². The quantitative estimate of drug-likeness (QED) is 0.936. The highest BCUT2D eigenvalue weighted by Gasteiger charge is 2.39. The van der Waals surface area contributed by atoms with Gasteiger partial charge in [0.05, 0.1) is 0 Å². The molecule has 0 spiro atoms. The lowest BCUT2D eigenvalue weighted by Gasteiger charge is -2.16. The Morgan fingerprint density at radius 3 is 2.76 bits per heavy atom. The highest BCUT2D eigenvalue weighted by atomic mass is 16.5. The fourth-order valence-corrected chi connectivity index (χ4v) is 2.87. The van der Waals surface area contributed by atoms with Crippen molar-refractivity contribution in [2.24, 2.45) is 0 Å². The van der Waals surface area contributed by atoms with Gasteiger partial charge in [-0.3, -0.25) is 0 Å². The van der Waals surface area contributed by atoms with Gasteiger partial charge in [-0.2, -0.15) is 4.98 Å². The van der Waals surface area contributed by atoms with Crippen molar-refractivity contribution < 1.29 is 9.32 Å². The third-order valence-electron chi connectivity index (χ3n) is 3.87. The average molecular weight is 286 g/mol. The van der Waals surface area contributed by atoms with E-state index in [-0.39, 0.29) is 17.9 Å². The first-order chi connectivity index (χ1) is 10.3. The summed E-state index contributed by atoms with van der Waals surface area (Å²) in [6.45, 7) is 3.80. The summed E-state index contributed by atoms with van der Waals surface area (Å²) in [7, 11) is 0. The van der Waals surface area contributed by atoms with E-state index < -0.39 is 0 Å². The molecule has 0 bridgehead atoms. The van der Waals surface area contributed by atoms with Crippen LogP contribution in [-0.4, -0.2) is 40.7 Å². The molecule has 1 aliphatic heterocycles. The summed E-state index contributed by atoms with van der Waals surface area (Å²) in [5, 5.41) is 6.82. The molecule has 6 heteroatoms. The number of nitrogens with zero attached hydrogens (tertiary/aromatic N) is 3. The number of benzene rings is 1. The molecular formula is C15H18N4O2. The van der Waals surface area contributed by atoms with Gasteiger partial charge in [-0.05, 0) is 12.5 Å². The average Bonchev–Trinajstić information content (AvgIpc) is 3.17. The number of amides is 2. The number of rotatable bonds is 3. The fraction of sp³-hybridized carbons (Fsp3) is 0.400. The molecule has 0 unspecified atom stereocenters. The minimum atomic E-state index is -0.0376. The van der Waals surface area contributed by atoms with E-state index in [0.29, 0.717) is 25.5 Å². The molecule has 6 nitrogen and oxygen atoms in total. The number of likely N-dealkylation sites (tertiary alicyclic amines) is 1. The fourth-order valence-electron chi connectivity index (χ4n) is 2.87. The zero-order chi connectivity index (χ0) is 14.7. The van der Waals surface area contributed by atoms with Crippen molar-refractivity contribution in [1.29, 1.82) is 0 Å². The van der Waals surface area contributed by atoms with Gasteiger partial charge in [0.25, 0.3) is 0 Å². The van der Waals surface area contributed by atoms with Gasteiger partial charge < -0.3 is 14.7 Å². The predicted molar refractivity (Wildman–Crippen MR) is 76.9 cm³/mol. The lowest BCUT2D eigenvalue weighted by Crippen LogP contribution is -2.38. The minimum Gasteiger partial charge on any atom is -0.343 e. The normalized spacial score (nSPS) is 21.5. The monoisotopic (exact) mass is 286 g/mol. The summed E-state index contributed by atoms with van der Waals surface area (Å²) in [5.74, 6) is 0.913. The number of hydrogen-bond donors (Lipinski definition) is 1. The van der Waals surface area contributed by atoms with Crippen LogP contribution in [0.25, 0.3) is 0 Å². The molecule has 0 saturated carbocycles. The topological polar surface area (TPSA) is 71.3 Å². The third kappa shape index (κ3) is 2.74. The summed E-state index contributed by atoms with van der Waals surface area (Å²) in [6.07, 6.45) is 1.34. The molecule has 21 heavy (non-hydrogen) atoms. The van der Waals surface area contributed by atoms with Gasteiger partial charge in [0.2, 0.25) is 6.39 Å². The van der Waals surface area contributed by atoms with Gasteiger partial charge >= 0.3 is 6.03 Å². The second-order valence-electron chi connectivity index (χ2n) is 5.15. The van der Waals surface area contributed by atoms with Gasteiger partial charge in [-0.1, -0.05) is 35.5 Å². The zero-order valence-corrected chi connectivity index (χ0v) is 11.9. The Morgan fingerprint density at radius 1 is 1.33 bits per heavy atom. The SMILES string of the molecule is CCNC(=O)N1C[C@H](c2ccccc2)[C@@H](c2ncon2)C1. The van der Waals surface area contributed by atoms with E-state index in [0.717, 1.165) is 0 Å². The van der Waals surface area contributed by atoms with E-state index in [2.05, 4.69) is 27.6 Å². The van der Waals surface area contributed by atoms with Crippen LogP contribution < -0.4 is 5.32 Å². The summed E-state index contributed by atoms with van der Waals surface area (Å²) in [5.41, 5.74) is 1.19. The molecule has 1 aliphatic rings. The van der Waals surface area contributed by atoms with Gasteiger partial charge in [-0.25, -0.2) is 4.79 Å². The van der Waals surface area contributed by atoms with E-state index in [4.69, 9.17) is 4.52 Å². The largest absolute Gasteiger partial charge is 0.343 e. The van der Waals surface area contributed by atoms with Gasteiger partial charge in [-0.15, -0.1) is 0 Å². The molecule has 0 aliphatic carbocycles. The summed E-state index contributed by atoms with van der Waals surface area (Å²) in [6, 6.07) is 10.1. The lowest BCUT2D eigenvalue weighted by atomic mass is 9.88. The number of aromatic nitrogens is 2. The van der Waals surface area contributed by atoms with Crippen LogP contribution in [0.1, 0.15) is 30.1 Å². The standard InChI is InChI=1S/C15H18N4O2/c1-2-16-15(20)19-8-12(11-6-4-3-5-7-11)13(9-19)14-17-10-21-18-14/h3-7,10,12-13H,2,8-9H2,1H3,(H,16,20)/t12-,13+/m1/s1. The summed E-state index contributed by atoms with van der Waals surface area (Å²) in [4.78, 5) is 18.1. The lowest BCUT2D eigenvalue weighted by molar-refractivity contribution is 0.208. The van der Waals surface area contributed by atoms with E-state index in [1.165, 1.54) is 12.0 Å². The molecule has 110 valence electrons. The van der Waals surface area contributed by atoms with Crippen LogP contribution in [0.4, 0.5) is 4.79 Å². The maximum atomic E-state index is 12.1. The summed E-state index contributed by atoms with van der Waals surface area (Å²) >= 11 is 0. The number of urea groups is 1. The maximum absolute atomic E-state index is 12.1. The molecule has 2 heterocycles. The van der Waals surface area contributed by atoms with Gasteiger partial charge in [0.15, 0.2) is 5.82 Å². The van der Waals surface area contributed by atoms with E-state index in [1.54, 1.807) is 0 Å². The molecule has 3 rings (SSSR count). The van der Waals surface area contributed by atoms with Crippen LogP contribution in [-0.2, 0) is 0 Å². The van der Waals surface area contributed by atoms with Gasteiger partial charge in [0.1, 0.15) is 0 Å². The number of nitrogens with one attached hydrogen (secondary N) is 1. The third-order valence-corrected chi connectivity index (χ3v) is 3.87. The Labute approximate surface area is 123 Å². The van der Waals surface area contributed by atoms with Crippen molar-refractivity contribution in [3.63, 3.8) is 0 Å². The molecular weight excluding hydrogens is 268 g/mol. The number of carbonyl (C=O) groups excluding carboxylic acids is 1. The first-order valence-corrected chi connectivity index (χ1v) is 7.13. The Kier molecular flexibility index (Phi) is 3.85. The molecule has 1 aromatic heterocycles. The molecule has 1 fully saturated rings. The Balaban J connectivity index is 1.86. The molecule has 1 saturated heterocycles. The van der Waals surface area contributed by atoms with Crippen molar-refractivity contribution in [3.8, 4) is 0 Å². The molecule has 1 N–H and O–H groups in total. The molecule has 2 aromatic rings. The van der Waals surface area contributed by atoms with Crippen molar-refractivity contribution >= 4 is 6.03 Å². The van der Waals surface area contributed by atoms with Crippen molar-refractivity contribution in [3.05, 3.63) is 48.1 Å². The van der Waals surface area contributed by atoms with Crippen LogP contribution in [0.15, 0.2) is 41.2 Å². The Morgan fingerprint density at radius 2 is 2.10 bits per heavy atom. The Bertz CT molecular complexity index is 585. The zero-order valence-electron chi connectivity index (χ0n) is 11.9. The van der Waals surface area contributed by atoms with Crippen molar-refractivity contribution in [2.75, 3.05) is 19.6 Å².